The summed E-state index contributed by atoms with van der Waals surface area (Å²) in [7, 11) is -3.32. The Balaban J connectivity index is 1.92. The van der Waals surface area contributed by atoms with Crippen molar-refractivity contribution >= 4 is 15.9 Å². The molecule has 0 spiro atoms. The quantitative estimate of drug-likeness (QED) is 0.681. The molecule has 1 amide bonds. The highest BCUT2D eigenvalue weighted by Crippen LogP contribution is 2.47. The maximum absolute atomic E-state index is 12.3. The first kappa shape index (κ1) is 16.7. The van der Waals surface area contributed by atoms with E-state index in [-0.39, 0.29) is 23.7 Å². The zero-order valence-corrected chi connectivity index (χ0v) is 13.5. The Morgan fingerprint density at radius 3 is 2.71 bits per heavy atom. The fourth-order valence-corrected chi connectivity index (χ4v) is 4.78. The molecule has 2 N–H and O–H groups in total. The zero-order chi connectivity index (χ0) is 15.5. The molecule has 2 aliphatic rings. The summed E-state index contributed by atoms with van der Waals surface area (Å²) in [5, 5.41) is 11.9. The first-order chi connectivity index (χ1) is 9.94. The number of aliphatic hydroxyl groups excluding tert-OH is 1. The Morgan fingerprint density at radius 1 is 1.43 bits per heavy atom. The van der Waals surface area contributed by atoms with Gasteiger partial charge in [0.2, 0.25) is 15.9 Å². The Bertz CT molecular complexity index is 473. The van der Waals surface area contributed by atoms with Crippen molar-refractivity contribution in [1.29, 1.82) is 0 Å². The molecular weight excluding hydrogens is 292 g/mol. The number of amides is 1. The molecule has 1 atom stereocenters. The van der Waals surface area contributed by atoms with Crippen LogP contribution in [0.25, 0.3) is 0 Å². The fraction of sp³-hybridized carbons (Fsp3) is 0.929. The van der Waals surface area contributed by atoms with E-state index >= 15 is 0 Å². The van der Waals surface area contributed by atoms with Crippen molar-refractivity contribution in [2.75, 3.05) is 25.4 Å². The third kappa shape index (κ3) is 3.96. The van der Waals surface area contributed by atoms with Crippen molar-refractivity contribution in [3.8, 4) is 0 Å². The topological polar surface area (TPSA) is 86.7 Å². The van der Waals surface area contributed by atoms with Gasteiger partial charge in [-0.3, -0.25) is 4.79 Å². The number of nitrogens with one attached hydrogen (secondary N) is 1. The molecule has 1 saturated carbocycles. The Labute approximate surface area is 126 Å². The monoisotopic (exact) mass is 318 g/mol. The van der Waals surface area contributed by atoms with Crippen molar-refractivity contribution < 1.29 is 18.3 Å². The van der Waals surface area contributed by atoms with Gasteiger partial charge < -0.3 is 10.4 Å². The van der Waals surface area contributed by atoms with Crippen LogP contribution in [0.3, 0.4) is 0 Å². The predicted molar refractivity (Wildman–Crippen MR) is 80.2 cm³/mol. The normalized spacial score (nSPS) is 25.0. The van der Waals surface area contributed by atoms with Gasteiger partial charge in [-0.05, 0) is 43.9 Å². The molecule has 7 heteroatoms. The molecule has 122 valence electrons. The average Bonchev–Trinajstić information content (AvgIpc) is 3.01. The van der Waals surface area contributed by atoms with E-state index in [0.29, 0.717) is 32.4 Å². The first-order valence-electron chi connectivity index (χ1n) is 7.82. The molecular formula is C14H26N2O4S. The molecule has 1 aliphatic carbocycles. The van der Waals surface area contributed by atoms with Crippen LogP contribution in [0.1, 0.15) is 45.4 Å². The molecule has 6 nitrogen and oxygen atoms in total. The minimum atomic E-state index is -3.32. The number of aliphatic hydroxyl groups is 1. The molecule has 2 fully saturated rings. The van der Waals surface area contributed by atoms with E-state index in [9.17, 15) is 13.2 Å². The molecule has 0 radical (unpaired) electrons. The summed E-state index contributed by atoms with van der Waals surface area (Å²) in [6.07, 6.45) is 4.65. The van der Waals surface area contributed by atoms with Gasteiger partial charge in [0.05, 0.1) is 5.75 Å². The van der Waals surface area contributed by atoms with Gasteiger partial charge in [-0.1, -0.05) is 6.92 Å². The summed E-state index contributed by atoms with van der Waals surface area (Å²) in [4.78, 5) is 12.3. The molecule has 0 aromatic heterocycles. The van der Waals surface area contributed by atoms with Gasteiger partial charge in [-0.2, -0.15) is 4.31 Å². The SMILES string of the molecule is CCCS(=O)(=O)N1CCCC1C(=O)NCC1(CCO)CC1. The molecule has 0 bridgehead atoms. The second kappa shape index (κ2) is 6.62. The highest BCUT2D eigenvalue weighted by Gasteiger charge is 2.43. The van der Waals surface area contributed by atoms with Crippen molar-refractivity contribution in [2.45, 2.75) is 51.5 Å². The Morgan fingerprint density at radius 2 is 2.14 bits per heavy atom. The number of nitrogens with zero attached hydrogens (tertiary/aromatic N) is 1. The van der Waals surface area contributed by atoms with Crippen LogP contribution in [-0.2, 0) is 14.8 Å². The van der Waals surface area contributed by atoms with Crippen LogP contribution in [0.4, 0.5) is 0 Å². The lowest BCUT2D eigenvalue weighted by Crippen LogP contribution is -2.47. The Hall–Kier alpha value is -0.660. The maximum Gasteiger partial charge on any atom is 0.238 e. The largest absolute Gasteiger partial charge is 0.396 e. The molecule has 2 rings (SSSR count). The van der Waals surface area contributed by atoms with E-state index in [1.165, 1.54) is 4.31 Å². The van der Waals surface area contributed by atoms with Gasteiger partial charge in [-0.25, -0.2) is 8.42 Å². The van der Waals surface area contributed by atoms with Gasteiger partial charge in [0.25, 0.3) is 0 Å². The highest BCUT2D eigenvalue weighted by atomic mass is 32.2. The fourth-order valence-electron chi connectivity index (χ4n) is 3.03. The third-order valence-electron chi connectivity index (χ3n) is 4.56. The predicted octanol–water partition coefficient (Wildman–Crippen LogP) is 0.469. The van der Waals surface area contributed by atoms with Crippen LogP contribution in [-0.4, -0.2) is 55.2 Å². The number of carbonyl (C=O) groups excluding carboxylic acids is 1. The van der Waals surface area contributed by atoms with Gasteiger partial charge in [-0.15, -0.1) is 0 Å². The molecule has 0 aromatic rings. The number of sulfonamides is 1. The zero-order valence-electron chi connectivity index (χ0n) is 12.7. The second-order valence-electron chi connectivity index (χ2n) is 6.28. The first-order valence-corrected chi connectivity index (χ1v) is 9.43. The summed E-state index contributed by atoms with van der Waals surface area (Å²) in [5.74, 6) is -0.0815. The maximum atomic E-state index is 12.3. The molecule has 0 aromatic carbocycles. The molecule has 21 heavy (non-hydrogen) atoms. The van der Waals surface area contributed by atoms with Gasteiger partial charge in [0.15, 0.2) is 0 Å². The van der Waals surface area contributed by atoms with Crippen molar-refractivity contribution in [2.24, 2.45) is 5.41 Å². The highest BCUT2D eigenvalue weighted by molar-refractivity contribution is 7.89. The van der Waals surface area contributed by atoms with E-state index in [1.54, 1.807) is 0 Å². The second-order valence-corrected chi connectivity index (χ2v) is 8.32. The van der Waals surface area contributed by atoms with E-state index in [2.05, 4.69) is 5.32 Å². The number of carbonyl (C=O) groups is 1. The number of hydrogen-bond acceptors (Lipinski definition) is 4. The lowest BCUT2D eigenvalue weighted by atomic mass is 10.0. The molecule has 1 aliphatic heterocycles. The minimum Gasteiger partial charge on any atom is -0.396 e. The molecule has 1 unspecified atom stereocenters. The minimum absolute atomic E-state index is 0.0517. The Kier molecular flexibility index (Phi) is 5.27. The van der Waals surface area contributed by atoms with Crippen LogP contribution in [0, 0.1) is 5.41 Å². The standard InChI is InChI=1S/C14H26N2O4S/c1-2-10-21(19,20)16-8-3-4-12(16)13(18)15-11-14(5-6-14)7-9-17/h12,17H,2-11H2,1H3,(H,15,18). The van der Waals surface area contributed by atoms with E-state index in [0.717, 1.165) is 19.3 Å². The van der Waals surface area contributed by atoms with Gasteiger partial charge >= 0.3 is 0 Å². The summed E-state index contributed by atoms with van der Waals surface area (Å²) < 4.78 is 25.7. The number of rotatable bonds is 8. The van der Waals surface area contributed by atoms with Crippen LogP contribution in [0.2, 0.25) is 0 Å². The van der Waals surface area contributed by atoms with Crippen molar-refractivity contribution in [1.82, 2.24) is 9.62 Å². The number of hydrogen-bond donors (Lipinski definition) is 2. The lowest BCUT2D eigenvalue weighted by molar-refractivity contribution is -0.124. The summed E-state index contributed by atoms with van der Waals surface area (Å²) in [6.45, 7) is 2.96. The summed E-state index contributed by atoms with van der Waals surface area (Å²) in [6, 6.07) is -0.550. The van der Waals surface area contributed by atoms with Crippen LogP contribution >= 0.6 is 0 Å². The van der Waals surface area contributed by atoms with E-state index < -0.39 is 16.1 Å². The average molecular weight is 318 g/mol. The van der Waals surface area contributed by atoms with Gasteiger partial charge in [0.1, 0.15) is 6.04 Å². The van der Waals surface area contributed by atoms with Crippen molar-refractivity contribution in [3.63, 3.8) is 0 Å². The third-order valence-corrected chi connectivity index (χ3v) is 6.64. The molecule has 1 saturated heterocycles. The summed E-state index contributed by atoms with van der Waals surface area (Å²) in [5.41, 5.74) is 0.0517. The van der Waals surface area contributed by atoms with Crippen molar-refractivity contribution in [3.05, 3.63) is 0 Å². The smallest absolute Gasteiger partial charge is 0.238 e. The lowest BCUT2D eigenvalue weighted by Gasteiger charge is -2.24. The molecule has 1 heterocycles. The summed E-state index contributed by atoms with van der Waals surface area (Å²) >= 11 is 0. The van der Waals surface area contributed by atoms with Crippen LogP contribution in [0.15, 0.2) is 0 Å². The van der Waals surface area contributed by atoms with Gasteiger partial charge in [0, 0.05) is 19.7 Å². The van der Waals surface area contributed by atoms with E-state index in [4.69, 9.17) is 5.11 Å². The van der Waals surface area contributed by atoms with Crippen LogP contribution in [0.5, 0.6) is 0 Å². The van der Waals surface area contributed by atoms with E-state index in [1.807, 2.05) is 6.92 Å². The van der Waals surface area contributed by atoms with Crippen LogP contribution < -0.4 is 5.32 Å².